The first-order valence-corrected chi connectivity index (χ1v) is 10.6. The molecule has 0 bridgehead atoms. The van der Waals surface area contributed by atoms with Crippen molar-refractivity contribution in [3.05, 3.63) is 105 Å². The van der Waals surface area contributed by atoms with Crippen molar-refractivity contribution in [1.29, 1.82) is 5.26 Å². The van der Waals surface area contributed by atoms with E-state index < -0.39 is 11.5 Å². The van der Waals surface area contributed by atoms with E-state index in [1.54, 1.807) is 30.5 Å². The molecular formula is C27H22N4O3. The topological polar surface area (TPSA) is 96.5 Å². The average molecular weight is 450 g/mol. The molecule has 0 saturated heterocycles. The molecule has 0 fully saturated rings. The van der Waals surface area contributed by atoms with Crippen molar-refractivity contribution < 1.29 is 9.53 Å². The van der Waals surface area contributed by atoms with Crippen molar-refractivity contribution >= 4 is 23.3 Å². The van der Waals surface area contributed by atoms with Crippen LogP contribution in [0.5, 0.6) is 11.6 Å². The van der Waals surface area contributed by atoms with E-state index in [9.17, 15) is 14.9 Å². The zero-order valence-corrected chi connectivity index (χ0v) is 19.0. The van der Waals surface area contributed by atoms with Gasteiger partial charge in [-0.2, -0.15) is 10.2 Å². The summed E-state index contributed by atoms with van der Waals surface area (Å²) in [7, 11) is 0. The first-order chi connectivity index (χ1) is 16.4. The van der Waals surface area contributed by atoms with Crippen molar-refractivity contribution in [3.8, 4) is 17.7 Å². The summed E-state index contributed by atoms with van der Waals surface area (Å²) in [4.78, 5) is 30.7. The van der Waals surface area contributed by atoms with Gasteiger partial charge >= 0.3 is 0 Å². The van der Waals surface area contributed by atoms with Crippen molar-refractivity contribution in [2.45, 2.75) is 20.8 Å². The number of nitrogens with zero attached hydrogens (tertiary/aromatic N) is 3. The SMILES string of the molecule is Cc1ccc(NC(=O)C(C#N)=Cc2c(Oc3cccc(C)c3)nc3c(C)cccn3c2=O)cc1. The van der Waals surface area contributed by atoms with Gasteiger partial charge in [-0.3, -0.25) is 14.0 Å². The molecule has 2 aromatic carbocycles. The predicted molar refractivity (Wildman–Crippen MR) is 131 cm³/mol. The fourth-order valence-corrected chi connectivity index (χ4v) is 3.41. The Labute approximate surface area is 196 Å². The Morgan fingerprint density at radius 3 is 2.53 bits per heavy atom. The van der Waals surface area contributed by atoms with E-state index in [-0.39, 0.29) is 17.0 Å². The maximum absolute atomic E-state index is 13.4. The van der Waals surface area contributed by atoms with Crippen molar-refractivity contribution in [3.63, 3.8) is 0 Å². The largest absolute Gasteiger partial charge is 0.438 e. The van der Waals surface area contributed by atoms with Crippen molar-refractivity contribution in [2.75, 3.05) is 5.32 Å². The third-order valence-corrected chi connectivity index (χ3v) is 5.22. The Morgan fingerprint density at radius 1 is 1.06 bits per heavy atom. The van der Waals surface area contributed by atoms with Gasteiger partial charge in [0.2, 0.25) is 5.88 Å². The minimum absolute atomic E-state index is 0.000197. The maximum atomic E-state index is 13.4. The number of anilines is 1. The van der Waals surface area contributed by atoms with Crippen molar-refractivity contribution in [2.24, 2.45) is 0 Å². The van der Waals surface area contributed by atoms with Crippen LogP contribution in [-0.2, 0) is 4.79 Å². The van der Waals surface area contributed by atoms with Gasteiger partial charge in [-0.1, -0.05) is 35.9 Å². The first-order valence-electron chi connectivity index (χ1n) is 10.6. The second-order valence-electron chi connectivity index (χ2n) is 7.93. The number of hydrogen-bond acceptors (Lipinski definition) is 5. The monoisotopic (exact) mass is 450 g/mol. The number of carbonyl (C=O) groups excluding carboxylic acids is 1. The van der Waals surface area contributed by atoms with Crippen LogP contribution in [0.4, 0.5) is 5.69 Å². The van der Waals surface area contributed by atoms with Gasteiger partial charge in [-0.05, 0) is 68.3 Å². The molecule has 4 aromatic rings. The van der Waals surface area contributed by atoms with Gasteiger partial charge in [0.1, 0.15) is 28.6 Å². The van der Waals surface area contributed by atoms with Gasteiger partial charge in [0, 0.05) is 11.9 Å². The molecule has 7 heteroatoms. The molecule has 168 valence electrons. The lowest BCUT2D eigenvalue weighted by atomic mass is 10.1. The van der Waals surface area contributed by atoms with Crippen LogP contribution in [-0.4, -0.2) is 15.3 Å². The number of hydrogen-bond donors (Lipinski definition) is 1. The molecule has 0 atom stereocenters. The van der Waals surface area contributed by atoms with Crippen LogP contribution in [0.25, 0.3) is 11.7 Å². The zero-order valence-electron chi connectivity index (χ0n) is 19.0. The molecule has 0 saturated carbocycles. The summed E-state index contributed by atoms with van der Waals surface area (Å²) in [5.41, 5.74) is 3.05. The summed E-state index contributed by atoms with van der Waals surface area (Å²) >= 11 is 0. The lowest BCUT2D eigenvalue weighted by Crippen LogP contribution is -2.20. The molecule has 0 aliphatic carbocycles. The van der Waals surface area contributed by atoms with E-state index in [2.05, 4.69) is 10.3 Å². The van der Waals surface area contributed by atoms with E-state index >= 15 is 0 Å². The number of ether oxygens (including phenoxy) is 1. The Balaban J connectivity index is 1.83. The fraction of sp³-hybridized carbons (Fsp3) is 0.111. The van der Waals surface area contributed by atoms with E-state index in [0.717, 1.165) is 16.7 Å². The van der Waals surface area contributed by atoms with Gasteiger partial charge < -0.3 is 10.1 Å². The molecule has 4 rings (SSSR count). The van der Waals surface area contributed by atoms with E-state index in [1.807, 2.05) is 63.2 Å². The summed E-state index contributed by atoms with van der Waals surface area (Å²) in [5.74, 6) is -0.135. The number of pyridine rings is 1. The second kappa shape index (κ2) is 9.43. The Bertz CT molecular complexity index is 1530. The normalized spacial score (nSPS) is 11.2. The van der Waals surface area contributed by atoms with E-state index in [4.69, 9.17) is 4.74 Å². The Morgan fingerprint density at radius 2 is 1.82 bits per heavy atom. The Kier molecular flexibility index (Phi) is 6.24. The fourth-order valence-electron chi connectivity index (χ4n) is 3.41. The lowest BCUT2D eigenvalue weighted by Gasteiger charge is -2.12. The van der Waals surface area contributed by atoms with Crippen molar-refractivity contribution in [1.82, 2.24) is 9.38 Å². The summed E-state index contributed by atoms with van der Waals surface area (Å²) in [5, 5.41) is 12.4. The molecule has 34 heavy (non-hydrogen) atoms. The molecule has 7 nitrogen and oxygen atoms in total. The van der Waals surface area contributed by atoms with Gasteiger partial charge in [0.25, 0.3) is 11.5 Å². The molecule has 1 amide bonds. The number of nitrogens with one attached hydrogen (secondary N) is 1. The van der Waals surface area contributed by atoms with Gasteiger partial charge in [0.15, 0.2) is 0 Å². The number of aromatic nitrogens is 2. The van der Waals surface area contributed by atoms with Crippen LogP contribution in [0.3, 0.4) is 0 Å². The quantitative estimate of drug-likeness (QED) is 0.342. The van der Waals surface area contributed by atoms with E-state index in [0.29, 0.717) is 17.1 Å². The molecule has 1 N–H and O–H groups in total. The summed E-state index contributed by atoms with van der Waals surface area (Å²) in [6, 6.07) is 19.9. The molecule has 0 spiro atoms. The molecular weight excluding hydrogens is 428 g/mol. The number of rotatable bonds is 5. The van der Waals surface area contributed by atoms with Crippen LogP contribution in [0.15, 0.2) is 77.2 Å². The second-order valence-corrected chi connectivity index (χ2v) is 7.93. The lowest BCUT2D eigenvalue weighted by molar-refractivity contribution is -0.112. The highest BCUT2D eigenvalue weighted by Gasteiger charge is 2.18. The van der Waals surface area contributed by atoms with Crippen LogP contribution in [0, 0.1) is 32.1 Å². The van der Waals surface area contributed by atoms with Crippen LogP contribution >= 0.6 is 0 Å². The number of aryl methyl sites for hydroxylation is 3. The predicted octanol–water partition coefficient (Wildman–Crippen LogP) is 4.96. The van der Waals surface area contributed by atoms with Crippen LogP contribution in [0.2, 0.25) is 0 Å². The molecule has 0 aliphatic rings. The Hall–Kier alpha value is -4.70. The molecule has 0 aliphatic heterocycles. The highest BCUT2D eigenvalue weighted by molar-refractivity contribution is 6.09. The molecule has 0 radical (unpaired) electrons. The van der Waals surface area contributed by atoms with Gasteiger partial charge in [-0.15, -0.1) is 0 Å². The highest BCUT2D eigenvalue weighted by atomic mass is 16.5. The third-order valence-electron chi connectivity index (χ3n) is 5.22. The third kappa shape index (κ3) is 4.71. The van der Waals surface area contributed by atoms with E-state index in [1.165, 1.54) is 10.5 Å². The molecule has 2 aromatic heterocycles. The number of carbonyl (C=O) groups is 1. The summed E-state index contributed by atoms with van der Waals surface area (Å²) < 4.78 is 7.35. The smallest absolute Gasteiger partial charge is 0.269 e. The van der Waals surface area contributed by atoms with Gasteiger partial charge in [-0.25, -0.2) is 0 Å². The van der Waals surface area contributed by atoms with Crippen LogP contribution in [0.1, 0.15) is 22.3 Å². The average Bonchev–Trinajstić information content (AvgIpc) is 2.81. The summed E-state index contributed by atoms with van der Waals surface area (Å²) in [6.07, 6.45) is 2.81. The molecule has 2 heterocycles. The minimum Gasteiger partial charge on any atom is -0.438 e. The molecule has 0 unspecified atom stereocenters. The number of fused-ring (bicyclic) bond motifs is 1. The standard InChI is InChI=1S/C27H22N4O3/c1-17-9-11-21(12-10-17)29-25(32)20(16-28)15-23-26(34-22-8-4-6-18(2)14-22)30-24-19(3)7-5-13-31(24)27(23)33/h4-15H,1-3H3,(H,29,32). The van der Waals surface area contributed by atoms with Gasteiger partial charge in [0.05, 0.1) is 0 Å². The summed E-state index contributed by atoms with van der Waals surface area (Å²) in [6.45, 7) is 5.69. The van der Waals surface area contributed by atoms with Crippen LogP contribution < -0.4 is 15.6 Å². The minimum atomic E-state index is -0.637. The zero-order chi connectivity index (χ0) is 24.2. The number of benzene rings is 2. The maximum Gasteiger partial charge on any atom is 0.269 e. The number of amides is 1. The highest BCUT2D eigenvalue weighted by Crippen LogP contribution is 2.25. The first kappa shape index (κ1) is 22.5. The number of nitriles is 1.